The van der Waals surface area contributed by atoms with Crippen molar-refractivity contribution in [3.8, 4) is 11.5 Å². The lowest BCUT2D eigenvalue weighted by molar-refractivity contribution is -0.0365. The van der Waals surface area contributed by atoms with Gasteiger partial charge in [-0.25, -0.2) is 9.48 Å². The fourth-order valence-electron chi connectivity index (χ4n) is 3.90. The molecule has 29 heavy (non-hydrogen) atoms. The maximum absolute atomic E-state index is 12.3. The molecule has 6 heteroatoms. The molecule has 148 valence electrons. The number of rotatable bonds is 4. The Morgan fingerprint density at radius 3 is 2.90 bits per heavy atom. The minimum Gasteiger partial charge on any atom is -0.462 e. The summed E-state index contributed by atoms with van der Waals surface area (Å²) in [6.45, 7) is 2.87. The number of hydrogen-bond acceptors (Lipinski definition) is 5. The van der Waals surface area contributed by atoms with Crippen molar-refractivity contribution < 1.29 is 18.7 Å². The molecule has 0 aliphatic carbocycles. The molecule has 0 bridgehead atoms. The SMILES string of the molecule is CCOC(=O)c1ccc2c(c1)c(-c1cc3ccccc3o1)nn2C1CCCCO1. The normalized spacial score (nSPS) is 17.1. The molecule has 1 saturated heterocycles. The molecule has 1 fully saturated rings. The predicted molar refractivity (Wildman–Crippen MR) is 110 cm³/mol. The highest BCUT2D eigenvalue weighted by molar-refractivity contribution is 6.00. The van der Waals surface area contributed by atoms with E-state index < -0.39 is 0 Å². The number of carbonyl (C=O) groups is 1. The molecule has 4 aromatic rings. The third-order valence-electron chi connectivity index (χ3n) is 5.30. The van der Waals surface area contributed by atoms with Gasteiger partial charge in [0.2, 0.25) is 0 Å². The van der Waals surface area contributed by atoms with Gasteiger partial charge >= 0.3 is 5.97 Å². The molecular formula is C23H22N2O4. The Labute approximate surface area is 168 Å². The van der Waals surface area contributed by atoms with Crippen LogP contribution in [0.1, 0.15) is 42.8 Å². The highest BCUT2D eigenvalue weighted by atomic mass is 16.5. The Morgan fingerprint density at radius 1 is 1.21 bits per heavy atom. The highest BCUT2D eigenvalue weighted by Gasteiger charge is 2.24. The molecule has 2 aromatic heterocycles. The summed E-state index contributed by atoms with van der Waals surface area (Å²) in [4.78, 5) is 12.3. The van der Waals surface area contributed by atoms with E-state index in [-0.39, 0.29) is 12.2 Å². The van der Waals surface area contributed by atoms with Crippen LogP contribution in [0, 0.1) is 0 Å². The van der Waals surface area contributed by atoms with Crippen LogP contribution in [0.4, 0.5) is 0 Å². The van der Waals surface area contributed by atoms with E-state index in [1.807, 2.05) is 47.1 Å². The Morgan fingerprint density at radius 2 is 2.10 bits per heavy atom. The molecule has 0 spiro atoms. The van der Waals surface area contributed by atoms with Gasteiger partial charge in [-0.3, -0.25) is 0 Å². The Balaban J connectivity index is 1.69. The second-order valence-corrected chi connectivity index (χ2v) is 7.22. The van der Waals surface area contributed by atoms with E-state index in [2.05, 4.69) is 0 Å². The van der Waals surface area contributed by atoms with E-state index >= 15 is 0 Å². The number of ether oxygens (including phenoxy) is 2. The lowest BCUT2D eigenvalue weighted by atomic mass is 10.1. The highest BCUT2D eigenvalue weighted by Crippen LogP contribution is 2.35. The zero-order valence-electron chi connectivity index (χ0n) is 16.3. The quantitative estimate of drug-likeness (QED) is 0.441. The predicted octanol–water partition coefficient (Wildman–Crippen LogP) is 5.33. The third kappa shape index (κ3) is 3.19. The number of aromatic nitrogens is 2. The van der Waals surface area contributed by atoms with Crippen LogP contribution in [-0.4, -0.2) is 29.0 Å². The molecular weight excluding hydrogens is 368 g/mol. The summed E-state index contributed by atoms with van der Waals surface area (Å²) < 4.78 is 19.2. The molecule has 1 aliphatic rings. The number of benzene rings is 2. The van der Waals surface area contributed by atoms with Gasteiger partial charge in [0.15, 0.2) is 12.0 Å². The van der Waals surface area contributed by atoms with Crippen molar-refractivity contribution in [2.75, 3.05) is 13.2 Å². The molecule has 6 nitrogen and oxygen atoms in total. The molecule has 0 N–H and O–H groups in total. The van der Waals surface area contributed by atoms with Gasteiger partial charge in [0, 0.05) is 17.4 Å². The van der Waals surface area contributed by atoms with Crippen LogP contribution in [0.5, 0.6) is 0 Å². The van der Waals surface area contributed by atoms with Gasteiger partial charge in [-0.15, -0.1) is 0 Å². The van der Waals surface area contributed by atoms with E-state index in [1.165, 1.54) is 0 Å². The van der Waals surface area contributed by atoms with Gasteiger partial charge in [-0.1, -0.05) is 18.2 Å². The van der Waals surface area contributed by atoms with Crippen molar-refractivity contribution >= 4 is 27.8 Å². The fourth-order valence-corrected chi connectivity index (χ4v) is 3.90. The van der Waals surface area contributed by atoms with E-state index in [0.29, 0.717) is 23.6 Å². The van der Waals surface area contributed by atoms with Crippen molar-refractivity contribution in [2.45, 2.75) is 32.4 Å². The van der Waals surface area contributed by atoms with Crippen molar-refractivity contribution in [3.63, 3.8) is 0 Å². The Bertz CT molecular complexity index is 1150. The number of carbonyl (C=O) groups excluding carboxylic acids is 1. The first-order chi connectivity index (χ1) is 14.2. The Hall–Kier alpha value is -3.12. The number of furan rings is 1. The largest absolute Gasteiger partial charge is 0.462 e. The molecule has 0 saturated carbocycles. The summed E-state index contributed by atoms with van der Waals surface area (Å²) in [5, 5.41) is 6.74. The van der Waals surface area contributed by atoms with E-state index in [9.17, 15) is 4.79 Å². The van der Waals surface area contributed by atoms with E-state index in [1.54, 1.807) is 13.0 Å². The van der Waals surface area contributed by atoms with Gasteiger partial charge in [-0.05, 0) is 56.5 Å². The second kappa shape index (κ2) is 7.37. The van der Waals surface area contributed by atoms with Crippen molar-refractivity contribution in [1.82, 2.24) is 9.78 Å². The summed E-state index contributed by atoms with van der Waals surface area (Å²) in [5.74, 6) is 0.332. The smallest absolute Gasteiger partial charge is 0.338 e. The molecule has 2 aromatic carbocycles. The number of nitrogens with zero attached hydrogens (tertiary/aromatic N) is 2. The van der Waals surface area contributed by atoms with Crippen LogP contribution in [-0.2, 0) is 9.47 Å². The van der Waals surface area contributed by atoms with Gasteiger partial charge in [0.05, 0.1) is 17.7 Å². The van der Waals surface area contributed by atoms with Gasteiger partial charge in [0.1, 0.15) is 11.3 Å². The Kier molecular flexibility index (Phi) is 4.56. The van der Waals surface area contributed by atoms with Crippen molar-refractivity contribution in [3.05, 3.63) is 54.1 Å². The monoisotopic (exact) mass is 390 g/mol. The first kappa shape index (κ1) is 17.9. The topological polar surface area (TPSA) is 66.5 Å². The number of esters is 1. The molecule has 0 radical (unpaired) electrons. The minimum absolute atomic E-state index is 0.113. The molecule has 1 aliphatic heterocycles. The molecule has 3 heterocycles. The van der Waals surface area contributed by atoms with Crippen LogP contribution < -0.4 is 0 Å². The maximum Gasteiger partial charge on any atom is 0.338 e. The van der Waals surface area contributed by atoms with E-state index in [4.69, 9.17) is 19.0 Å². The summed E-state index contributed by atoms with van der Waals surface area (Å²) in [6, 6.07) is 15.4. The molecule has 1 atom stereocenters. The lowest BCUT2D eigenvalue weighted by Gasteiger charge is -2.23. The zero-order chi connectivity index (χ0) is 19.8. The van der Waals surface area contributed by atoms with Gasteiger partial charge < -0.3 is 13.9 Å². The van der Waals surface area contributed by atoms with Crippen LogP contribution >= 0.6 is 0 Å². The number of para-hydroxylation sites is 1. The standard InChI is InChI=1S/C23H22N2O4/c1-2-27-23(26)16-10-11-18-17(13-16)22(24-25(18)21-9-5-6-12-28-21)20-14-15-7-3-4-8-19(15)29-20/h3-4,7-8,10-11,13-14,21H,2,5-6,9,12H2,1H3. The minimum atomic E-state index is -0.341. The summed E-state index contributed by atoms with van der Waals surface area (Å²) >= 11 is 0. The number of hydrogen-bond donors (Lipinski definition) is 0. The van der Waals surface area contributed by atoms with Crippen LogP contribution in [0.25, 0.3) is 33.3 Å². The van der Waals surface area contributed by atoms with Crippen molar-refractivity contribution in [1.29, 1.82) is 0 Å². The maximum atomic E-state index is 12.3. The first-order valence-electron chi connectivity index (χ1n) is 10.0. The fraction of sp³-hybridized carbons (Fsp3) is 0.304. The second-order valence-electron chi connectivity index (χ2n) is 7.22. The van der Waals surface area contributed by atoms with Crippen LogP contribution in [0.3, 0.4) is 0 Å². The van der Waals surface area contributed by atoms with Crippen molar-refractivity contribution in [2.24, 2.45) is 0 Å². The number of fused-ring (bicyclic) bond motifs is 2. The third-order valence-corrected chi connectivity index (χ3v) is 5.30. The van der Waals surface area contributed by atoms with Gasteiger partial charge in [-0.2, -0.15) is 5.10 Å². The summed E-state index contributed by atoms with van der Waals surface area (Å²) in [5.41, 5.74) is 2.93. The first-order valence-corrected chi connectivity index (χ1v) is 10.0. The summed E-state index contributed by atoms with van der Waals surface area (Å²) in [7, 11) is 0. The summed E-state index contributed by atoms with van der Waals surface area (Å²) in [6.07, 6.45) is 2.97. The van der Waals surface area contributed by atoms with Gasteiger partial charge in [0.25, 0.3) is 0 Å². The van der Waals surface area contributed by atoms with Crippen LogP contribution in [0.2, 0.25) is 0 Å². The zero-order valence-corrected chi connectivity index (χ0v) is 16.3. The average Bonchev–Trinajstić information content (AvgIpc) is 3.35. The average molecular weight is 390 g/mol. The molecule has 5 rings (SSSR count). The van der Waals surface area contributed by atoms with Crippen LogP contribution in [0.15, 0.2) is 52.9 Å². The lowest BCUT2D eigenvalue weighted by Crippen LogP contribution is -2.19. The molecule has 1 unspecified atom stereocenters. The molecule has 0 amide bonds. The van der Waals surface area contributed by atoms with E-state index in [0.717, 1.165) is 47.7 Å².